The van der Waals surface area contributed by atoms with E-state index in [0.29, 0.717) is 0 Å². The summed E-state index contributed by atoms with van der Waals surface area (Å²) in [5.74, 6) is -1.48. The molecule has 0 aromatic heterocycles. The van der Waals surface area contributed by atoms with Crippen molar-refractivity contribution in [1.82, 2.24) is 0 Å². The molecular formula is C16H34Cl2O4. The minimum absolute atomic E-state index is 0. The minimum Gasteiger partial charge on any atom is -0.481 e. The van der Waals surface area contributed by atoms with Crippen LogP contribution in [0.5, 0.6) is 0 Å². The Bertz CT molecular complexity index is 212. The van der Waals surface area contributed by atoms with Crippen molar-refractivity contribution in [1.29, 1.82) is 0 Å². The lowest BCUT2D eigenvalue weighted by molar-refractivity contribution is -0.138. The lowest BCUT2D eigenvalue weighted by Crippen LogP contribution is -1.94. The van der Waals surface area contributed by atoms with E-state index in [1.54, 1.807) is 0 Å². The average Bonchev–Trinajstić information content (AvgIpc) is 2.39. The zero-order chi connectivity index (χ0) is 15.6. The summed E-state index contributed by atoms with van der Waals surface area (Å²) in [4.78, 5) is 20.3. The van der Waals surface area contributed by atoms with Gasteiger partial charge in [0.25, 0.3) is 0 Å². The molecule has 0 aliphatic carbocycles. The minimum atomic E-state index is -0.740. The van der Waals surface area contributed by atoms with Gasteiger partial charge in [0.15, 0.2) is 0 Å². The Kier molecular flexibility index (Phi) is 34.2. The normalized spacial score (nSPS) is 8.82. The lowest BCUT2D eigenvalue weighted by atomic mass is 10.1. The van der Waals surface area contributed by atoms with Crippen molar-refractivity contribution in [3.63, 3.8) is 0 Å². The first-order chi connectivity index (χ1) is 9.54. The molecule has 0 aromatic carbocycles. The van der Waals surface area contributed by atoms with Gasteiger partial charge in [-0.3, -0.25) is 9.59 Å². The summed E-state index contributed by atoms with van der Waals surface area (Å²) in [6, 6.07) is 0. The van der Waals surface area contributed by atoms with E-state index >= 15 is 0 Å². The summed E-state index contributed by atoms with van der Waals surface area (Å²) >= 11 is 0. The molecule has 22 heavy (non-hydrogen) atoms. The van der Waals surface area contributed by atoms with Crippen molar-refractivity contribution >= 4 is 36.8 Å². The van der Waals surface area contributed by atoms with Crippen molar-refractivity contribution in [2.24, 2.45) is 0 Å². The van der Waals surface area contributed by atoms with Crippen molar-refractivity contribution in [2.75, 3.05) is 0 Å². The fourth-order valence-electron chi connectivity index (χ4n) is 1.76. The molecule has 0 heterocycles. The first kappa shape index (κ1) is 29.5. The number of halogens is 2. The molecule has 0 amide bonds. The van der Waals surface area contributed by atoms with E-state index in [0.717, 1.165) is 38.5 Å². The fraction of sp³-hybridized carbons (Fsp3) is 0.875. The molecule has 0 spiro atoms. The van der Waals surface area contributed by atoms with E-state index in [1.165, 1.54) is 25.7 Å². The molecule has 0 aromatic rings. The maximum Gasteiger partial charge on any atom is 0.303 e. The Morgan fingerprint density at radius 2 is 0.864 bits per heavy atom. The van der Waals surface area contributed by atoms with E-state index < -0.39 is 11.9 Å². The van der Waals surface area contributed by atoms with Crippen LogP contribution in [0.1, 0.15) is 90.9 Å². The molecule has 0 bridgehead atoms. The molecule has 0 radical (unpaired) electrons. The van der Waals surface area contributed by atoms with Crippen molar-refractivity contribution in [3.8, 4) is 0 Å². The van der Waals surface area contributed by atoms with E-state index in [2.05, 4.69) is 13.8 Å². The molecule has 0 saturated carbocycles. The molecule has 0 fully saturated rings. The summed E-state index contributed by atoms with van der Waals surface area (Å²) in [5.41, 5.74) is 0. The number of carbonyl (C=O) groups is 2. The predicted molar refractivity (Wildman–Crippen MR) is 96.5 cm³/mol. The van der Waals surface area contributed by atoms with Gasteiger partial charge in [0.1, 0.15) is 0 Å². The Labute approximate surface area is 147 Å². The van der Waals surface area contributed by atoms with Gasteiger partial charge in [-0.25, -0.2) is 0 Å². The van der Waals surface area contributed by atoms with Crippen LogP contribution in [-0.2, 0) is 9.59 Å². The molecule has 0 aliphatic rings. The Hall–Kier alpha value is -0.480. The summed E-state index contributed by atoms with van der Waals surface area (Å²) in [6.45, 7) is 4.46. The number of carboxylic acids is 2. The van der Waals surface area contributed by atoms with E-state index in [1.807, 2.05) is 0 Å². The zero-order valence-corrected chi connectivity index (χ0v) is 15.6. The predicted octanol–water partition coefficient (Wildman–Crippen LogP) is 5.71. The molecule has 0 saturated heterocycles. The third kappa shape index (κ3) is 36.6. The molecule has 0 unspecified atom stereocenters. The second kappa shape index (κ2) is 25.5. The second-order valence-corrected chi connectivity index (χ2v) is 5.12. The number of aliphatic carboxylic acids is 2. The average molecular weight is 361 g/mol. The molecular weight excluding hydrogens is 327 g/mol. The number of hydrogen-bond acceptors (Lipinski definition) is 2. The van der Waals surface area contributed by atoms with Crippen LogP contribution < -0.4 is 0 Å². The smallest absolute Gasteiger partial charge is 0.303 e. The van der Waals surface area contributed by atoms with Gasteiger partial charge < -0.3 is 10.2 Å². The number of unbranched alkanes of at least 4 members (excludes halogenated alkanes) is 8. The van der Waals surface area contributed by atoms with Crippen LogP contribution in [0.2, 0.25) is 0 Å². The van der Waals surface area contributed by atoms with Crippen LogP contribution >= 0.6 is 24.8 Å². The van der Waals surface area contributed by atoms with E-state index in [-0.39, 0.29) is 37.7 Å². The molecule has 136 valence electrons. The highest BCUT2D eigenvalue weighted by molar-refractivity contribution is 5.85. The molecule has 0 rings (SSSR count). The first-order valence-electron chi connectivity index (χ1n) is 7.98. The maximum atomic E-state index is 10.1. The standard InChI is InChI=1S/C10H18O4.C6H14.2ClH/c11-9(12)7-5-3-1-2-4-6-8-10(13)14;1-3-5-6-4-2;;/h1-8H2,(H,11,12)(H,13,14);3-6H2,1-2H3;2*1H. The topological polar surface area (TPSA) is 74.6 Å². The quantitative estimate of drug-likeness (QED) is 0.437. The van der Waals surface area contributed by atoms with Gasteiger partial charge in [0.2, 0.25) is 0 Å². The Morgan fingerprint density at radius 1 is 0.591 bits per heavy atom. The highest BCUT2D eigenvalue weighted by Crippen LogP contribution is 2.08. The Morgan fingerprint density at radius 3 is 1.09 bits per heavy atom. The third-order valence-electron chi connectivity index (χ3n) is 2.99. The highest BCUT2D eigenvalue weighted by Gasteiger charge is 1.98. The van der Waals surface area contributed by atoms with Crippen LogP contribution in [0, 0.1) is 0 Å². The lowest BCUT2D eigenvalue weighted by Gasteiger charge is -1.98. The maximum absolute atomic E-state index is 10.1. The largest absolute Gasteiger partial charge is 0.481 e. The van der Waals surface area contributed by atoms with Crippen LogP contribution in [-0.4, -0.2) is 22.2 Å². The van der Waals surface area contributed by atoms with Gasteiger partial charge in [0.05, 0.1) is 0 Å². The molecule has 6 heteroatoms. The molecule has 4 nitrogen and oxygen atoms in total. The van der Waals surface area contributed by atoms with Gasteiger partial charge in [-0.1, -0.05) is 65.2 Å². The van der Waals surface area contributed by atoms with Gasteiger partial charge in [-0.2, -0.15) is 0 Å². The summed E-state index contributed by atoms with van der Waals surface area (Å²) in [7, 11) is 0. The van der Waals surface area contributed by atoms with Gasteiger partial charge in [-0.15, -0.1) is 24.8 Å². The fourth-order valence-corrected chi connectivity index (χ4v) is 1.76. The molecule has 2 N–H and O–H groups in total. The highest BCUT2D eigenvalue weighted by atomic mass is 35.5. The zero-order valence-electron chi connectivity index (χ0n) is 14.0. The SMILES string of the molecule is CCCCCC.Cl.Cl.O=C(O)CCCCCCCCC(=O)O. The van der Waals surface area contributed by atoms with Gasteiger partial charge >= 0.3 is 11.9 Å². The van der Waals surface area contributed by atoms with Crippen molar-refractivity contribution < 1.29 is 19.8 Å². The van der Waals surface area contributed by atoms with Gasteiger partial charge in [0, 0.05) is 12.8 Å². The molecule has 0 aliphatic heterocycles. The van der Waals surface area contributed by atoms with E-state index in [9.17, 15) is 9.59 Å². The van der Waals surface area contributed by atoms with Gasteiger partial charge in [-0.05, 0) is 12.8 Å². The van der Waals surface area contributed by atoms with Crippen LogP contribution in [0.15, 0.2) is 0 Å². The summed E-state index contributed by atoms with van der Waals surface area (Å²) in [6.07, 6.45) is 11.4. The monoisotopic (exact) mass is 360 g/mol. The van der Waals surface area contributed by atoms with Crippen molar-refractivity contribution in [3.05, 3.63) is 0 Å². The third-order valence-corrected chi connectivity index (χ3v) is 2.99. The number of carboxylic acid groups (broad SMARTS) is 2. The van der Waals surface area contributed by atoms with E-state index in [4.69, 9.17) is 10.2 Å². The Balaban J connectivity index is -0.000000174. The summed E-state index contributed by atoms with van der Waals surface area (Å²) < 4.78 is 0. The first-order valence-corrected chi connectivity index (χ1v) is 7.98. The summed E-state index contributed by atoms with van der Waals surface area (Å²) in [5, 5.41) is 16.7. The van der Waals surface area contributed by atoms with Crippen molar-refractivity contribution in [2.45, 2.75) is 90.9 Å². The van der Waals surface area contributed by atoms with Crippen LogP contribution in [0.25, 0.3) is 0 Å². The number of hydrogen-bond donors (Lipinski definition) is 2. The second-order valence-electron chi connectivity index (χ2n) is 5.12. The van der Waals surface area contributed by atoms with Crippen LogP contribution in [0.3, 0.4) is 0 Å². The number of rotatable bonds is 12. The molecule has 0 atom stereocenters. The van der Waals surface area contributed by atoms with Crippen LogP contribution in [0.4, 0.5) is 0 Å².